The van der Waals surface area contributed by atoms with Crippen LogP contribution >= 0.6 is 0 Å². The molecule has 1 aliphatic rings. The molecule has 1 fully saturated rings. The lowest BCUT2D eigenvalue weighted by Crippen LogP contribution is -2.44. The zero-order chi connectivity index (χ0) is 21.2. The van der Waals surface area contributed by atoms with Crippen LogP contribution in [0.5, 0.6) is 0 Å². The maximum Gasteiger partial charge on any atom is 0.325 e. The minimum Gasteiger partial charge on any atom is -0.337 e. The number of carbonyl (C=O) groups is 3. The third-order valence-corrected chi connectivity index (χ3v) is 5.19. The van der Waals surface area contributed by atoms with Gasteiger partial charge < -0.3 is 10.2 Å². The Balaban J connectivity index is 1.74. The van der Waals surface area contributed by atoms with Crippen molar-refractivity contribution in [3.63, 3.8) is 0 Å². The average molecular weight is 397 g/mol. The first-order chi connectivity index (χ1) is 13.7. The molecule has 0 aromatic heterocycles. The van der Waals surface area contributed by atoms with Crippen molar-refractivity contribution in [2.75, 3.05) is 13.1 Å². The number of halogens is 1. The highest BCUT2D eigenvalue weighted by Gasteiger charge is 2.49. The summed E-state index contributed by atoms with van der Waals surface area (Å²) in [4.78, 5) is 40.6. The van der Waals surface area contributed by atoms with Crippen LogP contribution in [0.4, 0.5) is 9.18 Å². The Morgan fingerprint density at radius 2 is 1.86 bits per heavy atom. The summed E-state index contributed by atoms with van der Waals surface area (Å²) < 4.78 is 13.4. The molecule has 29 heavy (non-hydrogen) atoms. The molecule has 0 radical (unpaired) electrons. The Hall–Kier alpha value is -3.22. The second-order valence-electron chi connectivity index (χ2n) is 7.35. The van der Waals surface area contributed by atoms with E-state index in [9.17, 15) is 18.8 Å². The van der Waals surface area contributed by atoms with Gasteiger partial charge in [0.05, 0.1) is 0 Å². The van der Waals surface area contributed by atoms with Crippen LogP contribution in [0.1, 0.15) is 30.5 Å². The van der Waals surface area contributed by atoms with E-state index in [1.807, 2.05) is 19.1 Å². The molecule has 1 N–H and O–H groups in total. The second-order valence-corrected chi connectivity index (χ2v) is 7.35. The Morgan fingerprint density at radius 3 is 2.48 bits per heavy atom. The molecule has 152 valence electrons. The predicted octanol–water partition coefficient (Wildman–Crippen LogP) is 2.95. The fraction of sp³-hybridized carbons (Fsp3) is 0.318. The zero-order valence-electron chi connectivity index (χ0n) is 16.7. The van der Waals surface area contributed by atoms with Crippen LogP contribution < -0.4 is 5.32 Å². The van der Waals surface area contributed by atoms with Crippen molar-refractivity contribution in [2.45, 2.75) is 32.9 Å². The topological polar surface area (TPSA) is 69.7 Å². The van der Waals surface area contributed by atoms with Gasteiger partial charge in [0.15, 0.2) is 0 Å². The normalized spacial score (nSPS) is 18.7. The molecule has 1 atom stereocenters. The average Bonchev–Trinajstić information content (AvgIpc) is 2.90. The summed E-state index contributed by atoms with van der Waals surface area (Å²) in [5.74, 6) is -1.23. The highest BCUT2D eigenvalue weighted by molar-refractivity contribution is 6.09. The van der Waals surface area contributed by atoms with Gasteiger partial charge in [-0.15, -0.1) is 0 Å². The van der Waals surface area contributed by atoms with E-state index in [0.29, 0.717) is 17.7 Å². The van der Waals surface area contributed by atoms with E-state index in [2.05, 4.69) is 5.32 Å². The van der Waals surface area contributed by atoms with Gasteiger partial charge in [-0.05, 0) is 44.0 Å². The third kappa shape index (κ3) is 4.13. The summed E-state index contributed by atoms with van der Waals surface area (Å²) in [6.07, 6.45) is 0. The molecule has 3 rings (SSSR count). The van der Waals surface area contributed by atoms with E-state index in [1.54, 1.807) is 38.1 Å². The monoisotopic (exact) mass is 397 g/mol. The molecule has 0 saturated carbocycles. The molecule has 2 aromatic carbocycles. The van der Waals surface area contributed by atoms with Gasteiger partial charge in [-0.3, -0.25) is 14.5 Å². The van der Waals surface area contributed by atoms with E-state index >= 15 is 0 Å². The number of imide groups is 1. The minimum atomic E-state index is -1.22. The van der Waals surface area contributed by atoms with Gasteiger partial charge in [-0.2, -0.15) is 0 Å². The maximum absolute atomic E-state index is 13.4. The number of urea groups is 1. The zero-order valence-corrected chi connectivity index (χ0v) is 16.7. The molecule has 7 heteroatoms. The molecule has 1 heterocycles. The van der Waals surface area contributed by atoms with E-state index in [0.717, 1.165) is 10.5 Å². The number of hydrogen-bond acceptors (Lipinski definition) is 3. The minimum absolute atomic E-state index is 0.200. The van der Waals surface area contributed by atoms with Crippen LogP contribution in [0, 0.1) is 12.7 Å². The van der Waals surface area contributed by atoms with Gasteiger partial charge in [0.25, 0.3) is 5.91 Å². The fourth-order valence-corrected chi connectivity index (χ4v) is 3.39. The van der Waals surface area contributed by atoms with Crippen molar-refractivity contribution < 1.29 is 18.8 Å². The number of nitrogens with one attached hydrogen (secondary N) is 1. The molecule has 6 nitrogen and oxygen atoms in total. The molecular formula is C22H24FN3O3. The van der Waals surface area contributed by atoms with E-state index < -0.39 is 17.5 Å². The summed E-state index contributed by atoms with van der Waals surface area (Å²) in [6.45, 7) is 5.56. The standard InChI is InChI=1S/C22H24FN3O3/c1-4-25(13-16-6-5-7-18(23)12-16)19(27)14-26-20(28)22(3,24-21(26)29)17-10-8-15(2)9-11-17/h5-12H,4,13-14H2,1-3H3,(H,24,29). The van der Waals surface area contributed by atoms with Gasteiger partial charge in [-0.25, -0.2) is 9.18 Å². The number of likely N-dealkylation sites (N-methyl/N-ethyl adjacent to an activating group) is 1. The number of carbonyl (C=O) groups excluding carboxylic acids is 3. The molecule has 0 aliphatic carbocycles. The van der Waals surface area contributed by atoms with E-state index in [1.165, 1.54) is 17.0 Å². The van der Waals surface area contributed by atoms with Gasteiger partial charge in [-0.1, -0.05) is 42.0 Å². The van der Waals surface area contributed by atoms with Gasteiger partial charge >= 0.3 is 6.03 Å². The highest BCUT2D eigenvalue weighted by atomic mass is 19.1. The molecule has 0 bridgehead atoms. The number of aryl methyl sites for hydroxylation is 1. The Labute approximate surface area is 169 Å². The number of hydrogen-bond donors (Lipinski definition) is 1. The smallest absolute Gasteiger partial charge is 0.325 e. The first-order valence-corrected chi connectivity index (χ1v) is 9.48. The van der Waals surface area contributed by atoms with Gasteiger partial charge in [0, 0.05) is 13.1 Å². The Kier molecular flexibility index (Phi) is 5.68. The molecule has 0 spiro atoms. The van der Waals surface area contributed by atoms with Crippen molar-refractivity contribution in [3.8, 4) is 0 Å². The fourth-order valence-electron chi connectivity index (χ4n) is 3.39. The lowest BCUT2D eigenvalue weighted by molar-refractivity contribution is -0.139. The van der Waals surface area contributed by atoms with Crippen LogP contribution in [0.3, 0.4) is 0 Å². The SMILES string of the molecule is CCN(Cc1cccc(F)c1)C(=O)CN1C(=O)NC(C)(c2ccc(C)cc2)C1=O. The van der Waals surface area contributed by atoms with Crippen LogP contribution in [0.2, 0.25) is 0 Å². The van der Waals surface area contributed by atoms with Gasteiger partial charge in [0.1, 0.15) is 17.9 Å². The number of benzene rings is 2. The van der Waals surface area contributed by atoms with E-state index in [-0.39, 0.29) is 24.8 Å². The number of rotatable bonds is 6. The summed E-state index contributed by atoms with van der Waals surface area (Å²) in [5, 5.41) is 2.70. The lowest BCUT2D eigenvalue weighted by atomic mass is 9.91. The third-order valence-electron chi connectivity index (χ3n) is 5.19. The molecule has 4 amide bonds. The lowest BCUT2D eigenvalue weighted by Gasteiger charge is -2.25. The van der Waals surface area contributed by atoms with Crippen LogP contribution in [-0.4, -0.2) is 40.7 Å². The maximum atomic E-state index is 13.4. The number of amides is 4. The molecule has 2 aromatic rings. The molecule has 1 unspecified atom stereocenters. The Bertz CT molecular complexity index is 945. The molecular weight excluding hydrogens is 373 g/mol. The summed E-state index contributed by atoms with van der Waals surface area (Å²) in [7, 11) is 0. The summed E-state index contributed by atoms with van der Waals surface area (Å²) in [6, 6.07) is 12.7. The van der Waals surface area contributed by atoms with Crippen molar-refractivity contribution in [3.05, 3.63) is 71.0 Å². The van der Waals surface area contributed by atoms with Crippen molar-refractivity contribution in [1.29, 1.82) is 0 Å². The summed E-state index contributed by atoms with van der Waals surface area (Å²) in [5.41, 5.74) is 1.12. The van der Waals surface area contributed by atoms with Gasteiger partial charge in [0.2, 0.25) is 5.91 Å². The largest absolute Gasteiger partial charge is 0.337 e. The van der Waals surface area contributed by atoms with Crippen LogP contribution in [-0.2, 0) is 21.7 Å². The van der Waals surface area contributed by atoms with Crippen LogP contribution in [0.25, 0.3) is 0 Å². The van der Waals surface area contributed by atoms with Crippen molar-refractivity contribution in [1.82, 2.24) is 15.1 Å². The first-order valence-electron chi connectivity index (χ1n) is 9.48. The quantitative estimate of drug-likeness (QED) is 0.762. The highest BCUT2D eigenvalue weighted by Crippen LogP contribution is 2.29. The van der Waals surface area contributed by atoms with Crippen LogP contribution in [0.15, 0.2) is 48.5 Å². The summed E-state index contributed by atoms with van der Waals surface area (Å²) >= 11 is 0. The molecule has 1 saturated heterocycles. The first kappa shape index (κ1) is 20.5. The van der Waals surface area contributed by atoms with E-state index in [4.69, 9.17) is 0 Å². The molecule has 1 aliphatic heterocycles. The Morgan fingerprint density at radius 1 is 1.17 bits per heavy atom. The van der Waals surface area contributed by atoms with Crippen molar-refractivity contribution in [2.24, 2.45) is 0 Å². The van der Waals surface area contributed by atoms with Crippen molar-refractivity contribution >= 4 is 17.8 Å². The predicted molar refractivity (Wildman–Crippen MR) is 106 cm³/mol. The number of nitrogens with zero attached hydrogens (tertiary/aromatic N) is 2. The second kappa shape index (κ2) is 8.03.